The summed E-state index contributed by atoms with van der Waals surface area (Å²) in [5, 5.41) is 0. The van der Waals surface area contributed by atoms with Crippen LogP contribution in [-0.2, 0) is 9.53 Å². The molecule has 0 heterocycles. The number of hydrogen-bond donors (Lipinski definition) is 0. The average molecular weight is 287 g/mol. The predicted octanol–water partition coefficient (Wildman–Crippen LogP) is 3.57. The van der Waals surface area contributed by atoms with Crippen LogP contribution in [-0.4, -0.2) is 20.2 Å². The van der Waals surface area contributed by atoms with E-state index in [1.54, 1.807) is 31.4 Å². The molecule has 1 aromatic rings. The third-order valence-corrected chi connectivity index (χ3v) is 2.60. The second kappa shape index (κ2) is 7.09. The molecular formula is C13H12Cl2O3. The first kappa shape index (κ1) is 14.6. The predicted molar refractivity (Wildman–Crippen MR) is 72.8 cm³/mol. The third kappa shape index (κ3) is 4.09. The fourth-order valence-corrected chi connectivity index (χ4v) is 1.60. The molecule has 0 aliphatic carbocycles. The van der Waals surface area contributed by atoms with Crippen molar-refractivity contribution >= 4 is 34.7 Å². The van der Waals surface area contributed by atoms with E-state index in [9.17, 15) is 4.79 Å². The van der Waals surface area contributed by atoms with Gasteiger partial charge in [-0.15, -0.1) is 0 Å². The maximum Gasteiger partial charge on any atom is 0.330 e. The smallest absolute Gasteiger partial charge is 0.330 e. The molecule has 0 atom stereocenters. The van der Waals surface area contributed by atoms with E-state index in [4.69, 9.17) is 27.9 Å². The summed E-state index contributed by atoms with van der Waals surface area (Å²) in [5.74, 6) is 0.247. The minimum Gasteiger partial charge on any atom is -0.497 e. The van der Waals surface area contributed by atoms with E-state index in [0.717, 1.165) is 11.3 Å². The molecule has 0 aliphatic heterocycles. The van der Waals surface area contributed by atoms with Gasteiger partial charge < -0.3 is 9.47 Å². The van der Waals surface area contributed by atoms with Crippen LogP contribution >= 0.6 is 23.2 Å². The number of hydrogen-bond acceptors (Lipinski definition) is 3. The van der Waals surface area contributed by atoms with Crippen molar-refractivity contribution in [3.8, 4) is 5.75 Å². The molecule has 0 saturated carbocycles. The number of methoxy groups -OCH3 is 2. The number of esters is 1. The highest BCUT2D eigenvalue weighted by Crippen LogP contribution is 2.27. The molecule has 0 unspecified atom stereocenters. The van der Waals surface area contributed by atoms with E-state index < -0.39 is 5.97 Å². The SMILES string of the molecule is COC(=O)/C=C/C(=C(Cl)Cl)c1ccc(OC)cc1. The molecule has 1 aromatic carbocycles. The van der Waals surface area contributed by atoms with Crippen molar-refractivity contribution in [2.75, 3.05) is 14.2 Å². The monoisotopic (exact) mass is 286 g/mol. The van der Waals surface area contributed by atoms with Crippen LogP contribution in [0.15, 0.2) is 40.9 Å². The summed E-state index contributed by atoms with van der Waals surface area (Å²) in [7, 11) is 2.88. The van der Waals surface area contributed by atoms with Crippen molar-refractivity contribution in [3.05, 3.63) is 46.5 Å². The Bertz CT molecular complexity index is 472. The molecule has 3 nitrogen and oxygen atoms in total. The quantitative estimate of drug-likeness (QED) is 0.482. The van der Waals surface area contributed by atoms with Crippen LogP contribution in [0.4, 0.5) is 0 Å². The highest BCUT2D eigenvalue weighted by molar-refractivity contribution is 6.58. The van der Waals surface area contributed by atoms with E-state index in [1.807, 2.05) is 0 Å². The van der Waals surface area contributed by atoms with Gasteiger partial charge in [0.25, 0.3) is 0 Å². The number of carbonyl (C=O) groups is 1. The maximum absolute atomic E-state index is 11.0. The van der Waals surface area contributed by atoms with Crippen molar-refractivity contribution in [2.45, 2.75) is 0 Å². The summed E-state index contributed by atoms with van der Waals surface area (Å²) in [6, 6.07) is 7.14. The topological polar surface area (TPSA) is 35.5 Å². The van der Waals surface area contributed by atoms with Crippen molar-refractivity contribution in [1.82, 2.24) is 0 Å². The first-order valence-corrected chi connectivity index (χ1v) is 5.79. The van der Waals surface area contributed by atoms with Gasteiger partial charge in [-0.25, -0.2) is 4.79 Å². The minimum absolute atomic E-state index is 0.0697. The molecule has 1 rings (SSSR count). The van der Waals surface area contributed by atoms with Crippen molar-refractivity contribution in [2.24, 2.45) is 0 Å². The van der Waals surface area contributed by atoms with Crippen LogP contribution in [0.5, 0.6) is 5.75 Å². The minimum atomic E-state index is -0.476. The van der Waals surface area contributed by atoms with Crippen LogP contribution in [0.25, 0.3) is 5.57 Å². The molecule has 0 aliphatic rings. The fraction of sp³-hybridized carbons (Fsp3) is 0.154. The molecule has 0 spiro atoms. The lowest BCUT2D eigenvalue weighted by molar-refractivity contribution is -0.134. The number of ether oxygens (including phenoxy) is 2. The lowest BCUT2D eigenvalue weighted by Gasteiger charge is -2.05. The Kier molecular flexibility index (Phi) is 5.75. The summed E-state index contributed by atoms with van der Waals surface area (Å²) in [5.41, 5.74) is 1.31. The number of halogens is 2. The Labute approximate surface area is 116 Å². The number of carbonyl (C=O) groups excluding carboxylic acids is 1. The molecule has 0 bridgehead atoms. The first-order valence-electron chi connectivity index (χ1n) is 5.04. The van der Waals surface area contributed by atoms with Gasteiger partial charge in [-0.1, -0.05) is 35.3 Å². The molecule has 0 fully saturated rings. The van der Waals surface area contributed by atoms with E-state index in [0.29, 0.717) is 5.57 Å². The van der Waals surface area contributed by atoms with Gasteiger partial charge in [-0.3, -0.25) is 0 Å². The highest BCUT2D eigenvalue weighted by Gasteiger charge is 2.04. The highest BCUT2D eigenvalue weighted by atomic mass is 35.5. The first-order chi connectivity index (χ1) is 8.58. The van der Waals surface area contributed by atoms with Crippen LogP contribution in [0.2, 0.25) is 0 Å². The zero-order valence-corrected chi connectivity index (χ0v) is 11.5. The number of rotatable bonds is 4. The van der Waals surface area contributed by atoms with Gasteiger partial charge in [-0.2, -0.15) is 0 Å². The van der Waals surface area contributed by atoms with Gasteiger partial charge in [0, 0.05) is 11.6 Å². The van der Waals surface area contributed by atoms with E-state index in [-0.39, 0.29) is 4.49 Å². The Hall–Kier alpha value is -1.45. The van der Waals surface area contributed by atoms with E-state index >= 15 is 0 Å². The molecule has 0 N–H and O–H groups in total. The van der Waals surface area contributed by atoms with Crippen LogP contribution in [0.1, 0.15) is 5.56 Å². The molecular weight excluding hydrogens is 275 g/mol. The standard InChI is InChI=1S/C13H12Cl2O3/c1-17-10-5-3-9(4-6-10)11(13(14)15)7-8-12(16)18-2/h3-8H,1-2H3/b8-7+. The van der Waals surface area contributed by atoms with Gasteiger partial charge in [0.05, 0.1) is 14.2 Å². The maximum atomic E-state index is 11.0. The fourth-order valence-electron chi connectivity index (χ4n) is 1.26. The summed E-state index contributed by atoms with van der Waals surface area (Å²) in [6.45, 7) is 0. The zero-order chi connectivity index (χ0) is 13.5. The summed E-state index contributed by atoms with van der Waals surface area (Å²) in [4.78, 5) is 11.0. The summed E-state index contributed by atoms with van der Waals surface area (Å²) >= 11 is 11.6. The summed E-state index contributed by atoms with van der Waals surface area (Å²) in [6.07, 6.45) is 2.76. The molecule has 96 valence electrons. The number of allylic oxidation sites excluding steroid dienone is 2. The Balaban J connectivity index is 3.03. The zero-order valence-electron chi connectivity index (χ0n) is 9.94. The van der Waals surface area contributed by atoms with Crippen LogP contribution in [0, 0.1) is 0 Å². The number of benzene rings is 1. The van der Waals surface area contributed by atoms with Gasteiger partial charge in [0.2, 0.25) is 0 Å². The largest absolute Gasteiger partial charge is 0.497 e. The molecule has 0 saturated heterocycles. The lowest BCUT2D eigenvalue weighted by Crippen LogP contribution is -1.94. The Morgan fingerprint density at radius 1 is 1.11 bits per heavy atom. The van der Waals surface area contributed by atoms with Crippen molar-refractivity contribution in [1.29, 1.82) is 0 Å². The molecule has 0 amide bonds. The average Bonchev–Trinajstić information content (AvgIpc) is 2.39. The van der Waals surface area contributed by atoms with Gasteiger partial charge >= 0.3 is 5.97 Å². The Morgan fingerprint density at radius 3 is 2.17 bits per heavy atom. The second-order valence-electron chi connectivity index (χ2n) is 3.26. The Morgan fingerprint density at radius 2 is 1.72 bits per heavy atom. The van der Waals surface area contributed by atoms with Gasteiger partial charge in [-0.05, 0) is 23.8 Å². The van der Waals surface area contributed by atoms with Gasteiger partial charge in [0.15, 0.2) is 0 Å². The van der Waals surface area contributed by atoms with E-state index in [2.05, 4.69) is 4.74 Å². The second-order valence-corrected chi connectivity index (χ2v) is 4.21. The normalized spacial score (nSPS) is 10.2. The van der Waals surface area contributed by atoms with Crippen LogP contribution in [0.3, 0.4) is 0 Å². The molecule has 18 heavy (non-hydrogen) atoms. The molecule has 5 heteroatoms. The van der Waals surface area contributed by atoms with Crippen molar-refractivity contribution in [3.63, 3.8) is 0 Å². The van der Waals surface area contributed by atoms with Crippen molar-refractivity contribution < 1.29 is 14.3 Å². The van der Waals surface area contributed by atoms with Crippen LogP contribution < -0.4 is 4.74 Å². The third-order valence-electron chi connectivity index (χ3n) is 2.19. The summed E-state index contributed by atoms with van der Waals surface area (Å²) < 4.78 is 9.62. The van der Waals surface area contributed by atoms with Gasteiger partial charge in [0.1, 0.15) is 10.2 Å². The van der Waals surface area contributed by atoms with E-state index in [1.165, 1.54) is 19.3 Å². The molecule has 0 aromatic heterocycles. The molecule has 0 radical (unpaired) electrons. The lowest BCUT2D eigenvalue weighted by atomic mass is 10.1.